The standard InChI is InChI=1S/C15H11BrF2N2O/c1-21-14-3-2-9(4-10(14)7-19)8-20-15-12(16)5-11(17)6-13(15)18/h2-6,20H,8H2,1H3. The van der Waals surface area contributed by atoms with Crippen molar-refractivity contribution in [3.8, 4) is 11.8 Å². The molecule has 6 heteroatoms. The van der Waals surface area contributed by atoms with E-state index in [2.05, 4.69) is 21.2 Å². The number of hydrogen-bond acceptors (Lipinski definition) is 3. The molecule has 0 unspecified atom stereocenters. The first kappa shape index (κ1) is 15.3. The molecule has 0 saturated heterocycles. The predicted octanol–water partition coefficient (Wildman–Crippen LogP) is 4.22. The summed E-state index contributed by atoms with van der Waals surface area (Å²) in [6.07, 6.45) is 0. The molecule has 0 bridgehead atoms. The van der Waals surface area contributed by atoms with Crippen LogP contribution in [-0.2, 0) is 6.54 Å². The number of nitriles is 1. The fraction of sp³-hybridized carbons (Fsp3) is 0.133. The zero-order valence-electron chi connectivity index (χ0n) is 11.1. The Kier molecular flexibility index (Phi) is 4.76. The fourth-order valence-electron chi connectivity index (χ4n) is 1.85. The number of methoxy groups -OCH3 is 1. The van der Waals surface area contributed by atoms with Crippen LogP contribution < -0.4 is 10.1 Å². The molecular weight excluding hydrogens is 342 g/mol. The van der Waals surface area contributed by atoms with Crippen LogP contribution in [0.3, 0.4) is 0 Å². The van der Waals surface area contributed by atoms with Crippen molar-refractivity contribution in [1.82, 2.24) is 0 Å². The van der Waals surface area contributed by atoms with Crippen molar-refractivity contribution in [2.75, 3.05) is 12.4 Å². The maximum atomic E-state index is 13.7. The van der Waals surface area contributed by atoms with Gasteiger partial charge < -0.3 is 10.1 Å². The second-order valence-corrected chi connectivity index (χ2v) is 5.10. The zero-order valence-corrected chi connectivity index (χ0v) is 12.7. The number of anilines is 1. The quantitative estimate of drug-likeness (QED) is 0.895. The van der Waals surface area contributed by atoms with Crippen LogP contribution in [0.4, 0.5) is 14.5 Å². The Morgan fingerprint density at radius 2 is 2.05 bits per heavy atom. The third-order valence-electron chi connectivity index (χ3n) is 2.86. The molecule has 0 aliphatic carbocycles. The van der Waals surface area contributed by atoms with E-state index in [1.54, 1.807) is 18.2 Å². The van der Waals surface area contributed by atoms with Gasteiger partial charge in [-0.15, -0.1) is 0 Å². The van der Waals surface area contributed by atoms with Gasteiger partial charge in [0.15, 0.2) is 0 Å². The average Bonchev–Trinajstić information content (AvgIpc) is 2.45. The van der Waals surface area contributed by atoms with Crippen LogP contribution in [-0.4, -0.2) is 7.11 Å². The molecule has 0 saturated carbocycles. The Bertz CT molecular complexity index is 690. The third-order valence-corrected chi connectivity index (χ3v) is 3.49. The smallest absolute Gasteiger partial charge is 0.150 e. The first-order valence-corrected chi connectivity index (χ1v) is 6.80. The zero-order chi connectivity index (χ0) is 15.4. The summed E-state index contributed by atoms with van der Waals surface area (Å²) >= 11 is 3.11. The molecule has 3 nitrogen and oxygen atoms in total. The first-order valence-electron chi connectivity index (χ1n) is 6.00. The molecule has 2 aromatic carbocycles. The molecule has 0 aliphatic rings. The second kappa shape index (κ2) is 6.55. The molecule has 2 aromatic rings. The SMILES string of the molecule is COc1ccc(CNc2c(F)cc(F)cc2Br)cc1C#N. The molecule has 0 aromatic heterocycles. The highest BCUT2D eigenvalue weighted by Gasteiger charge is 2.10. The summed E-state index contributed by atoms with van der Waals surface area (Å²) in [6.45, 7) is 0.291. The minimum Gasteiger partial charge on any atom is -0.495 e. The van der Waals surface area contributed by atoms with Crippen molar-refractivity contribution in [2.45, 2.75) is 6.54 Å². The summed E-state index contributed by atoms with van der Waals surface area (Å²) in [5.74, 6) is -0.854. The number of rotatable bonds is 4. The maximum absolute atomic E-state index is 13.7. The number of halogens is 3. The molecule has 21 heavy (non-hydrogen) atoms. The van der Waals surface area contributed by atoms with E-state index in [1.165, 1.54) is 13.2 Å². The fourth-order valence-corrected chi connectivity index (χ4v) is 2.40. The average molecular weight is 353 g/mol. The molecule has 108 valence electrons. The lowest BCUT2D eigenvalue weighted by Gasteiger charge is -2.11. The van der Waals surface area contributed by atoms with Gasteiger partial charge >= 0.3 is 0 Å². The van der Waals surface area contributed by atoms with E-state index >= 15 is 0 Å². The molecule has 0 heterocycles. The highest BCUT2D eigenvalue weighted by molar-refractivity contribution is 9.10. The Morgan fingerprint density at radius 3 is 2.67 bits per heavy atom. The molecular formula is C15H11BrF2N2O. The highest BCUT2D eigenvalue weighted by atomic mass is 79.9. The molecule has 0 spiro atoms. The van der Waals surface area contributed by atoms with Crippen LogP contribution in [0.25, 0.3) is 0 Å². The van der Waals surface area contributed by atoms with Gasteiger partial charge in [-0.2, -0.15) is 5.26 Å². The summed E-state index contributed by atoms with van der Waals surface area (Å²) in [7, 11) is 1.49. The number of nitrogens with zero attached hydrogens (tertiary/aromatic N) is 1. The Morgan fingerprint density at radius 1 is 1.29 bits per heavy atom. The normalized spacial score (nSPS) is 10.0. The minimum atomic E-state index is -0.684. The van der Waals surface area contributed by atoms with Gasteiger partial charge in [0.25, 0.3) is 0 Å². The lowest BCUT2D eigenvalue weighted by molar-refractivity contribution is 0.413. The lowest BCUT2D eigenvalue weighted by atomic mass is 10.1. The van der Waals surface area contributed by atoms with Gasteiger partial charge in [-0.05, 0) is 39.7 Å². The Hall–Kier alpha value is -2.13. The number of hydrogen-bond donors (Lipinski definition) is 1. The Balaban J connectivity index is 2.19. The van der Waals surface area contributed by atoms with Crippen LogP contribution in [0.1, 0.15) is 11.1 Å². The first-order chi connectivity index (χ1) is 10.0. The van der Waals surface area contributed by atoms with Crippen molar-refractivity contribution in [1.29, 1.82) is 5.26 Å². The van der Waals surface area contributed by atoms with E-state index in [1.807, 2.05) is 6.07 Å². The van der Waals surface area contributed by atoms with Gasteiger partial charge in [0.2, 0.25) is 0 Å². The predicted molar refractivity (Wildman–Crippen MR) is 79.1 cm³/mol. The molecule has 1 N–H and O–H groups in total. The van der Waals surface area contributed by atoms with Crippen LogP contribution in [0.2, 0.25) is 0 Å². The number of ether oxygens (including phenoxy) is 1. The molecule has 0 amide bonds. The lowest BCUT2D eigenvalue weighted by Crippen LogP contribution is -2.03. The van der Waals surface area contributed by atoms with Gasteiger partial charge in [0.05, 0.1) is 18.4 Å². The van der Waals surface area contributed by atoms with Gasteiger partial charge in [-0.3, -0.25) is 0 Å². The van der Waals surface area contributed by atoms with Crippen LogP contribution in [0, 0.1) is 23.0 Å². The summed E-state index contributed by atoms with van der Waals surface area (Å²) in [4.78, 5) is 0. The van der Waals surface area contributed by atoms with E-state index in [0.29, 0.717) is 22.3 Å². The Labute approximate surface area is 129 Å². The van der Waals surface area contributed by atoms with Crippen molar-refractivity contribution in [2.24, 2.45) is 0 Å². The summed E-state index contributed by atoms with van der Waals surface area (Å²) in [5.41, 5.74) is 1.35. The molecule has 0 fully saturated rings. The number of nitrogens with one attached hydrogen (secondary N) is 1. The topological polar surface area (TPSA) is 45.0 Å². The van der Waals surface area contributed by atoms with E-state index < -0.39 is 11.6 Å². The van der Waals surface area contributed by atoms with Gasteiger partial charge in [-0.25, -0.2) is 8.78 Å². The summed E-state index contributed by atoms with van der Waals surface area (Å²) in [6, 6.07) is 9.11. The second-order valence-electron chi connectivity index (χ2n) is 4.24. The minimum absolute atomic E-state index is 0.172. The van der Waals surface area contributed by atoms with E-state index in [-0.39, 0.29) is 5.69 Å². The summed E-state index contributed by atoms with van der Waals surface area (Å²) in [5, 5.41) is 11.9. The van der Waals surface area contributed by atoms with E-state index in [0.717, 1.165) is 11.6 Å². The van der Waals surface area contributed by atoms with Gasteiger partial charge in [0.1, 0.15) is 23.5 Å². The van der Waals surface area contributed by atoms with Crippen LogP contribution >= 0.6 is 15.9 Å². The van der Waals surface area contributed by atoms with Crippen molar-refractivity contribution in [3.63, 3.8) is 0 Å². The molecule has 0 aliphatic heterocycles. The van der Waals surface area contributed by atoms with Gasteiger partial charge in [0, 0.05) is 17.1 Å². The third kappa shape index (κ3) is 3.50. The van der Waals surface area contributed by atoms with Crippen molar-refractivity contribution < 1.29 is 13.5 Å². The van der Waals surface area contributed by atoms with E-state index in [9.17, 15) is 8.78 Å². The van der Waals surface area contributed by atoms with Gasteiger partial charge in [-0.1, -0.05) is 6.07 Å². The maximum Gasteiger partial charge on any atom is 0.150 e. The summed E-state index contributed by atoms with van der Waals surface area (Å²) < 4.78 is 32.0. The monoisotopic (exact) mass is 352 g/mol. The van der Waals surface area contributed by atoms with Crippen LogP contribution in [0.15, 0.2) is 34.8 Å². The molecule has 0 radical (unpaired) electrons. The van der Waals surface area contributed by atoms with Crippen molar-refractivity contribution >= 4 is 21.6 Å². The largest absolute Gasteiger partial charge is 0.495 e. The number of benzene rings is 2. The van der Waals surface area contributed by atoms with Crippen LogP contribution in [0.5, 0.6) is 5.75 Å². The molecule has 2 rings (SSSR count). The molecule has 0 atom stereocenters. The van der Waals surface area contributed by atoms with Crippen molar-refractivity contribution in [3.05, 3.63) is 57.6 Å². The highest BCUT2D eigenvalue weighted by Crippen LogP contribution is 2.27. The van der Waals surface area contributed by atoms with E-state index in [4.69, 9.17) is 10.00 Å².